The third-order valence-corrected chi connectivity index (χ3v) is 3.41. The first-order chi connectivity index (χ1) is 11.4. The highest BCUT2D eigenvalue weighted by molar-refractivity contribution is 5.92. The Morgan fingerprint density at radius 3 is 2.62 bits per heavy atom. The SMILES string of the molecule is O=C(NCCc1nc2ccccc2[nH]1)c1ccc(C(F)(F)F)cn1. The van der Waals surface area contributed by atoms with E-state index >= 15 is 0 Å². The van der Waals surface area contributed by atoms with Crippen LogP contribution in [-0.4, -0.2) is 27.4 Å². The second-order valence-electron chi connectivity index (χ2n) is 5.14. The van der Waals surface area contributed by atoms with Crippen molar-refractivity contribution in [2.45, 2.75) is 12.6 Å². The Hall–Kier alpha value is -2.90. The summed E-state index contributed by atoms with van der Waals surface area (Å²) in [5.41, 5.74) is 0.792. The van der Waals surface area contributed by atoms with E-state index in [-0.39, 0.29) is 5.69 Å². The summed E-state index contributed by atoms with van der Waals surface area (Å²) >= 11 is 0. The van der Waals surface area contributed by atoms with Crippen LogP contribution in [0, 0.1) is 0 Å². The Labute approximate surface area is 134 Å². The van der Waals surface area contributed by atoms with Gasteiger partial charge in [0.15, 0.2) is 0 Å². The summed E-state index contributed by atoms with van der Waals surface area (Å²) in [6, 6.07) is 9.43. The highest BCUT2D eigenvalue weighted by atomic mass is 19.4. The van der Waals surface area contributed by atoms with Gasteiger partial charge in [-0.2, -0.15) is 13.2 Å². The number of aromatic amines is 1. The average molecular weight is 334 g/mol. The summed E-state index contributed by atoms with van der Waals surface area (Å²) in [6.45, 7) is 0.293. The maximum absolute atomic E-state index is 12.4. The molecule has 2 aromatic heterocycles. The van der Waals surface area contributed by atoms with Crippen molar-refractivity contribution in [3.63, 3.8) is 0 Å². The third-order valence-electron chi connectivity index (χ3n) is 3.41. The van der Waals surface area contributed by atoms with E-state index in [9.17, 15) is 18.0 Å². The van der Waals surface area contributed by atoms with Crippen molar-refractivity contribution in [3.05, 3.63) is 59.7 Å². The second-order valence-corrected chi connectivity index (χ2v) is 5.14. The molecule has 3 rings (SSSR count). The van der Waals surface area contributed by atoms with Gasteiger partial charge in [0.25, 0.3) is 5.91 Å². The molecule has 8 heteroatoms. The number of aromatic nitrogens is 3. The first-order valence-electron chi connectivity index (χ1n) is 7.18. The van der Waals surface area contributed by atoms with Crippen LogP contribution >= 0.6 is 0 Å². The zero-order valence-corrected chi connectivity index (χ0v) is 12.4. The smallest absolute Gasteiger partial charge is 0.350 e. The van der Waals surface area contributed by atoms with E-state index in [1.807, 2.05) is 24.3 Å². The molecule has 1 amide bonds. The molecule has 2 N–H and O–H groups in total. The van der Waals surface area contributed by atoms with Crippen molar-refractivity contribution >= 4 is 16.9 Å². The second kappa shape index (κ2) is 6.31. The van der Waals surface area contributed by atoms with Crippen LogP contribution in [0.1, 0.15) is 21.9 Å². The lowest BCUT2D eigenvalue weighted by molar-refractivity contribution is -0.137. The quantitative estimate of drug-likeness (QED) is 0.771. The van der Waals surface area contributed by atoms with Gasteiger partial charge in [0.2, 0.25) is 0 Å². The first-order valence-corrected chi connectivity index (χ1v) is 7.18. The summed E-state index contributed by atoms with van der Waals surface area (Å²) < 4.78 is 37.3. The van der Waals surface area contributed by atoms with Crippen LogP contribution in [0.2, 0.25) is 0 Å². The molecule has 1 aromatic carbocycles. The standard InChI is InChI=1S/C16H13F3N4O/c17-16(18,19)10-5-6-13(21-9-10)15(24)20-8-7-14-22-11-3-1-2-4-12(11)23-14/h1-6,9H,7-8H2,(H,20,24)(H,22,23). The fourth-order valence-electron chi connectivity index (χ4n) is 2.20. The summed E-state index contributed by atoms with van der Waals surface area (Å²) in [7, 11) is 0. The number of hydrogen-bond acceptors (Lipinski definition) is 3. The minimum absolute atomic E-state index is 0.0624. The third kappa shape index (κ3) is 3.53. The summed E-state index contributed by atoms with van der Waals surface area (Å²) in [6.07, 6.45) is -3.35. The number of halogens is 3. The molecular weight excluding hydrogens is 321 g/mol. The van der Waals surface area contributed by atoms with Crippen molar-refractivity contribution in [3.8, 4) is 0 Å². The molecule has 5 nitrogen and oxygen atoms in total. The molecule has 0 unspecified atom stereocenters. The summed E-state index contributed by atoms with van der Waals surface area (Å²) in [4.78, 5) is 22.9. The molecule has 0 aliphatic carbocycles. The van der Waals surface area contributed by atoms with Gasteiger partial charge in [-0.15, -0.1) is 0 Å². The summed E-state index contributed by atoms with van der Waals surface area (Å²) in [5.74, 6) is 0.191. The van der Waals surface area contributed by atoms with Crippen LogP contribution in [0.4, 0.5) is 13.2 Å². The zero-order chi connectivity index (χ0) is 17.2. The van der Waals surface area contributed by atoms with E-state index in [4.69, 9.17) is 0 Å². The van der Waals surface area contributed by atoms with Crippen molar-refractivity contribution in [2.75, 3.05) is 6.54 Å². The van der Waals surface area contributed by atoms with Gasteiger partial charge in [-0.05, 0) is 24.3 Å². The highest BCUT2D eigenvalue weighted by Gasteiger charge is 2.30. The maximum atomic E-state index is 12.4. The molecule has 0 radical (unpaired) electrons. The number of nitrogens with zero attached hydrogens (tertiary/aromatic N) is 2. The van der Waals surface area contributed by atoms with Crippen LogP contribution in [0.25, 0.3) is 11.0 Å². The molecule has 0 atom stereocenters. The molecule has 3 aromatic rings. The Bertz CT molecular complexity index is 823. The van der Waals surface area contributed by atoms with Crippen LogP contribution in [0.3, 0.4) is 0 Å². The number of benzene rings is 1. The topological polar surface area (TPSA) is 70.7 Å². The lowest BCUT2D eigenvalue weighted by Crippen LogP contribution is -2.27. The minimum atomic E-state index is -4.47. The molecule has 24 heavy (non-hydrogen) atoms. The van der Waals surface area contributed by atoms with Crippen molar-refractivity contribution in [1.29, 1.82) is 0 Å². The van der Waals surface area contributed by atoms with Gasteiger partial charge in [-0.3, -0.25) is 9.78 Å². The highest BCUT2D eigenvalue weighted by Crippen LogP contribution is 2.28. The van der Waals surface area contributed by atoms with Crippen LogP contribution in [-0.2, 0) is 12.6 Å². The van der Waals surface area contributed by atoms with Crippen molar-refractivity contribution in [2.24, 2.45) is 0 Å². The van der Waals surface area contributed by atoms with Crippen LogP contribution in [0.5, 0.6) is 0 Å². The predicted molar refractivity (Wildman–Crippen MR) is 81.4 cm³/mol. The Kier molecular flexibility index (Phi) is 4.20. The number of imidazole rings is 1. The van der Waals surface area contributed by atoms with Crippen LogP contribution < -0.4 is 5.32 Å². The lowest BCUT2D eigenvalue weighted by Gasteiger charge is -2.07. The van der Waals surface area contributed by atoms with E-state index in [1.165, 1.54) is 0 Å². The van der Waals surface area contributed by atoms with E-state index in [0.717, 1.165) is 29.0 Å². The Morgan fingerprint density at radius 2 is 1.96 bits per heavy atom. The number of pyridine rings is 1. The van der Waals surface area contributed by atoms with Crippen LogP contribution in [0.15, 0.2) is 42.6 Å². The molecule has 0 bridgehead atoms. The molecule has 2 heterocycles. The van der Waals surface area contributed by atoms with Gasteiger partial charge in [-0.1, -0.05) is 12.1 Å². The fraction of sp³-hybridized carbons (Fsp3) is 0.188. The lowest BCUT2D eigenvalue weighted by atomic mass is 10.2. The molecule has 0 spiro atoms. The monoisotopic (exact) mass is 334 g/mol. The minimum Gasteiger partial charge on any atom is -0.350 e. The zero-order valence-electron chi connectivity index (χ0n) is 12.4. The number of rotatable bonds is 4. The van der Waals surface area contributed by atoms with Gasteiger partial charge in [-0.25, -0.2) is 4.98 Å². The molecule has 0 fully saturated rings. The van der Waals surface area contributed by atoms with Gasteiger partial charge >= 0.3 is 6.18 Å². The van der Waals surface area contributed by atoms with Gasteiger partial charge in [0, 0.05) is 19.2 Å². The molecule has 0 saturated carbocycles. The van der Waals surface area contributed by atoms with E-state index in [2.05, 4.69) is 20.3 Å². The van der Waals surface area contributed by atoms with Gasteiger partial charge in [0.1, 0.15) is 11.5 Å². The number of alkyl halides is 3. The average Bonchev–Trinajstić information content (AvgIpc) is 2.96. The van der Waals surface area contributed by atoms with Gasteiger partial charge < -0.3 is 10.3 Å². The molecule has 0 saturated heterocycles. The molecule has 124 valence electrons. The summed E-state index contributed by atoms with van der Waals surface area (Å²) in [5, 5.41) is 2.61. The molecule has 0 aliphatic heterocycles. The van der Waals surface area contributed by atoms with Crippen molar-refractivity contribution in [1.82, 2.24) is 20.3 Å². The predicted octanol–water partition coefficient (Wildman–Crippen LogP) is 2.95. The van der Waals surface area contributed by atoms with E-state index in [0.29, 0.717) is 19.2 Å². The number of hydrogen-bond donors (Lipinski definition) is 2. The van der Waals surface area contributed by atoms with Crippen molar-refractivity contribution < 1.29 is 18.0 Å². The van der Waals surface area contributed by atoms with Gasteiger partial charge in [0.05, 0.1) is 16.6 Å². The van der Waals surface area contributed by atoms with E-state index in [1.54, 1.807) is 0 Å². The Morgan fingerprint density at radius 1 is 1.17 bits per heavy atom. The number of para-hydroxylation sites is 2. The number of nitrogens with one attached hydrogen (secondary N) is 2. The maximum Gasteiger partial charge on any atom is 0.417 e. The number of amides is 1. The number of fused-ring (bicyclic) bond motifs is 1. The fourth-order valence-corrected chi connectivity index (χ4v) is 2.20. The normalized spacial score (nSPS) is 11.6. The molecule has 0 aliphatic rings. The molecular formula is C16H13F3N4O. The number of carbonyl (C=O) groups excluding carboxylic acids is 1. The Balaban J connectivity index is 1.57. The first kappa shape index (κ1) is 16.0. The number of H-pyrrole nitrogens is 1. The van der Waals surface area contributed by atoms with E-state index < -0.39 is 17.6 Å². The largest absolute Gasteiger partial charge is 0.417 e. The number of carbonyl (C=O) groups is 1.